The maximum atomic E-state index is 5.86. The highest BCUT2D eigenvalue weighted by atomic mass is 79.9. The van der Waals surface area contributed by atoms with Crippen LogP contribution >= 0.6 is 15.9 Å². The third-order valence-electron chi connectivity index (χ3n) is 3.91. The Morgan fingerprint density at radius 1 is 1.50 bits per heavy atom. The van der Waals surface area contributed by atoms with Crippen LogP contribution in [0.2, 0.25) is 0 Å². The monoisotopic (exact) mass is 397 g/mol. The second kappa shape index (κ2) is 10.0. The summed E-state index contributed by atoms with van der Waals surface area (Å²) < 4.78 is 12.3. The summed E-state index contributed by atoms with van der Waals surface area (Å²) in [5.74, 6) is 0.818. The molecule has 1 aromatic carbocycles. The van der Waals surface area contributed by atoms with Crippen molar-refractivity contribution >= 4 is 21.9 Å². The van der Waals surface area contributed by atoms with E-state index in [-0.39, 0.29) is 12.1 Å². The molecule has 0 radical (unpaired) electrons. The normalized spacial score (nSPS) is 19.3. The van der Waals surface area contributed by atoms with Gasteiger partial charge in [-0.3, -0.25) is 0 Å². The third kappa shape index (κ3) is 6.42. The number of hydrogen-bond donors (Lipinski definition) is 2. The van der Waals surface area contributed by atoms with Crippen LogP contribution in [0.4, 0.5) is 0 Å². The van der Waals surface area contributed by atoms with E-state index in [4.69, 9.17) is 14.5 Å². The van der Waals surface area contributed by atoms with Crippen LogP contribution in [0.1, 0.15) is 31.4 Å². The Kier molecular flexibility index (Phi) is 8.02. The Labute approximate surface area is 153 Å². The summed E-state index contributed by atoms with van der Waals surface area (Å²) in [6.07, 6.45) is 1.23. The SMILES string of the molecule is CCNC(=NCc1ccc(Br)cc1C)NC(C)COC1CCOC1. The summed E-state index contributed by atoms with van der Waals surface area (Å²) in [6, 6.07) is 6.47. The molecule has 0 aliphatic carbocycles. The van der Waals surface area contributed by atoms with E-state index >= 15 is 0 Å². The molecule has 2 unspecified atom stereocenters. The zero-order chi connectivity index (χ0) is 17.4. The fraction of sp³-hybridized carbons (Fsp3) is 0.611. The minimum atomic E-state index is 0.189. The van der Waals surface area contributed by atoms with E-state index in [2.05, 4.69) is 65.5 Å². The molecule has 1 heterocycles. The van der Waals surface area contributed by atoms with Crippen LogP contribution in [-0.2, 0) is 16.0 Å². The van der Waals surface area contributed by atoms with Gasteiger partial charge in [0.2, 0.25) is 0 Å². The van der Waals surface area contributed by atoms with E-state index in [9.17, 15) is 0 Å². The molecule has 134 valence electrons. The molecule has 1 aromatic rings. The lowest BCUT2D eigenvalue weighted by Gasteiger charge is -2.19. The molecule has 24 heavy (non-hydrogen) atoms. The quantitative estimate of drug-likeness (QED) is 0.548. The van der Waals surface area contributed by atoms with Crippen LogP contribution in [0.3, 0.4) is 0 Å². The molecule has 1 saturated heterocycles. The van der Waals surface area contributed by atoms with Crippen molar-refractivity contribution in [3.05, 3.63) is 33.8 Å². The molecule has 2 N–H and O–H groups in total. The number of nitrogens with one attached hydrogen (secondary N) is 2. The predicted octanol–water partition coefficient (Wildman–Crippen LogP) is 3.01. The summed E-state index contributed by atoms with van der Waals surface area (Å²) in [4.78, 5) is 4.69. The maximum absolute atomic E-state index is 5.86. The van der Waals surface area contributed by atoms with Crippen LogP contribution in [0.5, 0.6) is 0 Å². The van der Waals surface area contributed by atoms with Crippen molar-refractivity contribution in [3.63, 3.8) is 0 Å². The number of aryl methyl sites for hydroxylation is 1. The molecular formula is C18H28BrN3O2. The van der Waals surface area contributed by atoms with Crippen molar-refractivity contribution in [1.82, 2.24) is 10.6 Å². The lowest BCUT2D eigenvalue weighted by atomic mass is 10.1. The number of nitrogens with zero attached hydrogens (tertiary/aromatic N) is 1. The van der Waals surface area contributed by atoms with E-state index in [1.54, 1.807) is 0 Å². The Morgan fingerprint density at radius 3 is 3.00 bits per heavy atom. The summed E-state index contributed by atoms with van der Waals surface area (Å²) in [5.41, 5.74) is 2.46. The molecule has 5 nitrogen and oxygen atoms in total. The molecule has 0 aromatic heterocycles. The summed E-state index contributed by atoms with van der Waals surface area (Å²) in [6.45, 7) is 9.93. The van der Waals surface area contributed by atoms with Gasteiger partial charge in [-0.2, -0.15) is 0 Å². The van der Waals surface area contributed by atoms with Crippen molar-refractivity contribution in [2.24, 2.45) is 4.99 Å². The van der Waals surface area contributed by atoms with Crippen molar-refractivity contribution in [3.8, 4) is 0 Å². The van der Waals surface area contributed by atoms with E-state index in [1.807, 2.05) is 0 Å². The lowest BCUT2D eigenvalue weighted by Crippen LogP contribution is -2.44. The van der Waals surface area contributed by atoms with Gasteiger partial charge < -0.3 is 20.1 Å². The van der Waals surface area contributed by atoms with Crippen LogP contribution in [0, 0.1) is 6.92 Å². The topological polar surface area (TPSA) is 54.9 Å². The number of benzene rings is 1. The highest BCUT2D eigenvalue weighted by Crippen LogP contribution is 2.16. The van der Waals surface area contributed by atoms with Crippen molar-refractivity contribution in [2.75, 3.05) is 26.4 Å². The largest absolute Gasteiger partial charge is 0.379 e. The van der Waals surface area contributed by atoms with Gasteiger partial charge in [-0.1, -0.05) is 22.0 Å². The van der Waals surface area contributed by atoms with Gasteiger partial charge >= 0.3 is 0 Å². The fourth-order valence-corrected chi connectivity index (χ4v) is 3.00. The van der Waals surface area contributed by atoms with Crippen LogP contribution in [0.25, 0.3) is 0 Å². The first-order valence-electron chi connectivity index (χ1n) is 8.57. The van der Waals surface area contributed by atoms with E-state index in [0.29, 0.717) is 19.8 Å². The average molecular weight is 398 g/mol. The van der Waals surface area contributed by atoms with Gasteiger partial charge in [-0.25, -0.2) is 4.99 Å². The minimum absolute atomic E-state index is 0.189. The molecule has 1 fully saturated rings. The molecule has 0 spiro atoms. The molecule has 2 atom stereocenters. The van der Waals surface area contributed by atoms with Gasteiger partial charge in [0, 0.05) is 23.7 Å². The molecule has 0 saturated carbocycles. The number of aliphatic imine (C=N–C) groups is 1. The van der Waals surface area contributed by atoms with Gasteiger partial charge in [0.05, 0.1) is 25.9 Å². The van der Waals surface area contributed by atoms with Crippen LogP contribution < -0.4 is 10.6 Å². The van der Waals surface area contributed by atoms with Gasteiger partial charge in [0.1, 0.15) is 0 Å². The van der Waals surface area contributed by atoms with Gasteiger partial charge in [0.25, 0.3) is 0 Å². The van der Waals surface area contributed by atoms with E-state index < -0.39 is 0 Å². The van der Waals surface area contributed by atoms with Crippen molar-refractivity contribution < 1.29 is 9.47 Å². The first-order chi connectivity index (χ1) is 11.6. The van der Waals surface area contributed by atoms with Crippen LogP contribution in [-0.4, -0.2) is 44.5 Å². The van der Waals surface area contributed by atoms with Crippen molar-refractivity contribution in [2.45, 2.75) is 45.9 Å². The summed E-state index contributed by atoms with van der Waals surface area (Å²) >= 11 is 3.50. The predicted molar refractivity (Wildman–Crippen MR) is 101 cm³/mol. The number of hydrogen-bond acceptors (Lipinski definition) is 3. The number of rotatable bonds is 7. The van der Waals surface area contributed by atoms with E-state index in [0.717, 1.165) is 30.0 Å². The first kappa shape index (κ1) is 19.2. The number of guanidine groups is 1. The van der Waals surface area contributed by atoms with Crippen LogP contribution in [0.15, 0.2) is 27.7 Å². The molecule has 1 aliphatic rings. The second-order valence-electron chi connectivity index (χ2n) is 6.13. The Morgan fingerprint density at radius 2 is 2.33 bits per heavy atom. The zero-order valence-electron chi connectivity index (χ0n) is 14.8. The van der Waals surface area contributed by atoms with Crippen molar-refractivity contribution in [1.29, 1.82) is 0 Å². The third-order valence-corrected chi connectivity index (χ3v) is 4.40. The average Bonchev–Trinajstić information content (AvgIpc) is 3.05. The molecule has 0 bridgehead atoms. The highest BCUT2D eigenvalue weighted by Gasteiger charge is 2.17. The number of halogens is 1. The molecule has 1 aliphatic heterocycles. The Balaban J connectivity index is 1.86. The molecule has 0 amide bonds. The standard InChI is InChI=1S/C18H28BrN3O2/c1-4-20-18(21-10-15-5-6-16(19)9-13(15)2)22-14(3)11-24-17-7-8-23-12-17/h5-6,9,14,17H,4,7-8,10-12H2,1-3H3,(H2,20,21,22). The highest BCUT2D eigenvalue weighted by molar-refractivity contribution is 9.10. The Hall–Kier alpha value is -1.11. The summed E-state index contributed by atoms with van der Waals surface area (Å²) in [5, 5.41) is 6.70. The van der Waals surface area contributed by atoms with Gasteiger partial charge in [-0.15, -0.1) is 0 Å². The second-order valence-corrected chi connectivity index (χ2v) is 7.05. The van der Waals surface area contributed by atoms with E-state index in [1.165, 1.54) is 11.1 Å². The molecule has 6 heteroatoms. The zero-order valence-corrected chi connectivity index (χ0v) is 16.4. The summed E-state index contributed by atoms with van der Waals surface area (Å²) in [7, 11) is 0. The fourth-order valence-electron chi connectivity index (χ4n) is 2.52. The smallest absolute Gasteiger partial charge is 0.191 e. The number of ether oxygens (including phenoxy) is 2. The lowest BCUT2D eigenvalue weighted by molar-refractivity contribution is 0.0347. The van der Waals surface area contributed by atoms with Gasteiger partial charge in [-0.05, 0) is 50.5 Å². The maximum Gasteiger partial charge on any atom is 0.191 e. The van der Waals surface area contributed by atoms with Gasteiger partial charge in [0.15, 0.2) is 5.96 Å². The molecule has 2 rings (SSSR count). The molecular weight excluding hydrogens is 370 g/mol. The first-order valence-corrected chi connectivity index (χ1v) is 9.37. The minimum Gasteiger partial charge on any atom is -0.379 e. The Bertz CT molecular complexity index is 545.